The lowest BCUT2D eigenvalue weighted by atomic mass is 9.94. The lowest BCUT2D eigenvalue weighted by Crippen LogP contribution is -2.85. The van der Waals surface area contributed by atoms with E-state index in [1.807, 2.05) is 0 Å². The Morgan fingerprint density at radius 3 is 2.65 bits per heavy atom. The average molecular weight is 721 g/mol. The summed E-state index contributed by atoms with van der Waals surface area (Å²) in [4.78, 5) is 93.4. The highest BCUT2D eigenvalue weighted by atomic mass is 32.2. The number of aliphatic carboxylic acids is 1. The second-order valence-electron chi connectivity index (χ2n) is 10.3. The van der Waals surface area contributed by atoms with Crippen LogP contribution in [0.15, 0.2) is 39.3 Å². The maximum Gasteiger partial charge on any atom is 0.352 e. The molecule has 1 unspecified atom stereocenters. The number of thioether (sulfide) groups is 2. The number of rotatable bonds is 12. The van der Waals surface area contributed by atoms with Crippen molar-refractivity contribution >= 4 is 76.9 Å². The molecule has 1 aromatic carbocycles. The number of aromatic nitrogens is 2. The number of hydrogen-bond acceptors (Lipinski definition) is 14. The number of amides is 7. The maximum atomic E-state index is 14.0. The summed E-state index contributed by atoms with van der Waals surface area (Å²) in [5.41, 5.74) is -0.474. The van der Waals surface area contributed by atoms with Crippen LogP contribution in [0.25, 0.3) is 0 Å². The second-order valence-corrected chi connectivity index (χ2v) is 13.4. The van der Waals surface area contributed by atoms with Crippen molar-refractivity contribution in [1.29, 1.82) is 0 Å². The number of nitrogens with one attached hydrogen (secondary N) is 3. The molecule has 0 saturated carbocycles. The van der Waals surface area contributed by atoms with Gasteiger partial charge in [0.15, 0.2) is 15.8 Å². The zero-order chi connectivity index (χ0) is 34.7. The molecule has 48 heavy (non-hydrogen) atoms. The Hall–Kier alpha value is -4.89. The van der Waals surface area contributed by atoms with Crippen LogP contribution in [0.5, 0.6) is 11.5 Å². The van der Waals surface area contributed by atoms with Crippen LogP contribution in [-0.4, -0.2) is 126 Å². The third-order valence-corrected chi connectivity index (χ3v) is 11.0. The van der Waals surface area contributed by atoms with Crippen LogP contribution < -0.4 is 20.7 Å². The van der Waals surface area contributed by atoms with Crippen molar-refractivity contribution in [1.82, 2.24) is 40.8 Å². The summed E-state index contributed by atoms with van der Waals surface area (Å²) in [5, 5.41) is 34.0. The number of nitrogens with zero attached hydrogens (tertiary/aromatic N) is 5. The van der Waals surface area contributed by atoms with Gasteiger partial charge in [0.05, 0.1) is 7.11 Å². The van der Waals surface area contributed by atoms with E-state index in [9.17, 15) is 43.8 Å². The summed E-state index contributed by atoms with van der Waals surface area (Å²) in [6, 6.07) is 0.928. The van der Waals surface area contributed by atoms with Gasteiger partial charge >= 0.3 is 23.8 Å². The van der Waals surface area contributed by atoms with Crippen LogP contribution in [0.2, 0.25) is 0 Å². The highest BCUT2D eigenvalue weighted by Crippen LogP contribution is 2.46. The number of piperazine rings is 1. The molecule has 0 radical (unpaired) electrons. The van der Waals surface area contributed by atoms with E-state index in [1.165, 1.54) is 58.8 Å². The number of aromatic hydroxyl groups is 1. The minimum absolute atomic E-state index is 0.0322. The lowest BCUT2D eigenvalue weighted by molar-refractivity contribution is -0.163. The predicted molar refractivity (Wildman–Crippen MR) is 168 cm³/mol. The standard InChI is InChI=1S/C27H28N8O10S3/c1-3-33-6-7-34(21(40)20(33)39)25(44)30-17(13-4-5-15(37)16(8-13)45-2)19(38)31-27(28-11-36)23(43)35-18(22(41)42)14(9-46-24(27)35)10-47-26-32-29-12-48-26/h4-5,8,11-12,17,24,37H,3,6-7,9-10H2,1-2H3,(H,28,36)(H,30,44)(H,31,38)(H,41,42)/t17?,24-,27-/m1/s1. The number of urea groups is 1. The summed E-state index contributed by atoms with van der Waals surface area (Å²) in [6.07, 6.45) is 0.176. The zero-order valence-electron chi connectivity index (χ0n) is 25.2. The summed E-state index contributed by atoms with van der Waals surface area (Å²) >= 11 is 3.60. The monoisotopic (exact) mass is 720 g/mol. The Labute approximate surface area is 284 Å². The number of phenols is 1. The van der Waals surface area contributed by atoms with Gasteiger partial charge in [0.2, 0.25) is 18.0 Å². The average Bonchev–Trinajstić information content (AvgIpc) is 3.60. The topological polar surface area (TPSA) is 241 Å². The number of fused-ring (bicyclic) bond motifs is 1. The molecule has 0 aliphatic carbocycles. The number of carboxylic acids is 1. The van der Waals surface area contributed by atoms with Gasteiger partial charge in [0.1, 0.15) is 22.6 Å². The molecule has 4 heterocycles. The summed E-state index contributed by atoms with van der Waals surface area (Å²) in [7, 11) is 1.25. The van der Waals surface area contributed by atoms with Gasteiger partial charge < -0.3 is 35.8 Å². The van der Waals surface area contributed by atoms with Gasteiger partial charge in [-0.2, -0.15) is 0 Å². The van der Waals surface area contributed by atoms with Crippen LogP contribution in [0.1, 0.15) is 18.5 Å². The molecule has 7 amide bonds. The number of β-lactam (4-membered cyclic amide) rings is 1. The van der Waals surface area contributed by atoms with Crippen LogP contribution in [0.3, 0.4) is 0 Å². The second kappa shape index (κ2) is 14.1. The molecule has 2 fully saturated rings. The summed E-state index contributed by atoms with van der Waals surface area (Å²) < 4.78 is 5.73. The minimum atomic E-state index is -2.13. The molecule has 3 atom stereocenters. The zero-order valence-corrected chi connectivity index (χ0v) is 27.6. The number of carbonyl (C=O) groups is 7. The number of likely N-dealkylation sites (N-methyl/N-ethyl adjacent to an activating group) is 1. The third kappa shape index (κ3) is 6.22. The number of imide groups is 1. The van der Waals surface area contributed by atoms with Crippen molar-refractivity contribution in [2.75, 3.05) is 38.2 Å². The Balaban J connectivity index is 1.44. The molecule has 2 saturated heterocycles. The molecule has 5 rings (SSSR count). The summed E-state index contributed by atoms with van der Waals surface area (Å²) in [5.74, 6) is -5.48. The number of hydrogen-bond donors (Lipinski definition) is 5. The number of carbonyl (C=O) groups excluding carboxylic acids is 6. The van der Waals surface area contributed by atoms with Crippen LogP contribution in [0.4, 0.5) is 4.79 Å². The van der Waals surface area contributed by atoms with Crippen LogP contribution >= 0.6 is 34.9 Å². The first-order valence-corrected chi connectivity index (χ1v) is 17.0. The Bertz CT molecular complexity index is 1710. The Morgan fingerprint density at radius 1 is 1.23 bits per heavy atom. The number of phenolic OH excluding ortho intramolecular Hbond substituents is 1. The van der Waals surface area contributed by atoms with E-state index in [0.29, 0.717) is 14.8 Å². The molecular formula is C27H28N8O10S3. The normalized spacial score (nSPS) is 21.2. The van der Waals surface area contributed by atoms with Crippen molar-refractivity contribution in [2.24, 2.45) is 0 Å². The first-order valence-electron chi connectivity index (χ1n) is 14.1. The van der Waals surface area contributed by atoms with Gasteiger partial charge in [-0.1, -0.05) is 29.2 Å². The van der Waals surface area contributed by atoms with Crippen molar-refractivity contribution < 1.29 is 48.5 Å². The van der Waals surface area contributed by atoms with E-state index in [1.54, 1.807) is 6.92 Å². The smallest absolute Gasteiger partial charge is 0.352 e. The molecule has 3 aliphatic rings. The number of methoxy groups -OCH3 is 1. The molecule has 0 spiro atoms. The van der Waals surface area contributed by atoms with E-state index >= 15 is 0 Å². The quantitative estimate of drug-likeness (QED) is 0.0599. The highest BCUT2D eigenvalue weighted by Gasteiger charge is 2.66. The van der Waals surface area contributed by atoms with E-state index < -0.39 is 52.7 Å². The number of ether oxygens (including phenoxy) is 1. The van der Waals surface area contributed by atoms with Gasteiger partial charge in [-0.15, -0.1) is 22.0 Å². The third-order valence-electron chi connectivity index (χ3n) is 7.67. The van der Waals surface area contributed by atoms with Crippen molar-refractivity contribution in [3.05, 3.63) is 40.5 Å². The van der Waals surface area contributed by atoms with Crippen LogP contribution in [-0.2, 0) is 28.8 Å². The van der Waals surface area contributed by atoms with E-state index in [4.69, 9.17) is 4.74 Å². The first-order chi connectivity index (χ1) is 23.0. The molecule has 21 heteroatoms. The maximum absolute atomic E-state index is 14.0. The first kappa shape index (κ1) is 34.4. The molecule has 5 N–H and O–H groups in total. The van der Waals surface area contributed by atoms with Crippen molar-refractivity contribution in [3.63, 3.8) is 0 Å². The highest BCUT2D eigenvalue weighted by molar-refractivity contribution is 8.01. The summed E-state index contributed by atoms with van der Waals surface area (Å²) in [6.45, 7) is 1.82. The van der Waals surface area contributed by atoms with Crippen LogP contribution in [0, 0.1) is 0 Å². The molecule has 0 bridgehead atoms. The van der Waals surface area contributed by atoms with Crippen molar-refractivity contribution in [3.8, 4) is 11.5 Å². The molecule has 2 aromatic rings. The van der Waals surface area contributed by atoms with E-state index in [0.717, 1.165) is 16.7 Å². The van der Waals surface area contributed by atoms with Gasteiger partial charge in [0, 0.05) is 31.1 Å². The molecular weight excluding hydrogens is 693 g/mol. The van der Waals surface area contributed by atoms with Gasteiger partial charge in [0.25, 0.3) is 5.91 Å². The number of carboxylic acid groups (broad SMARTS) is 1. The van der Waals surface area contributed by atoms with Gasteiger partial charge in [-0.3, -0.25) is 33.8 Å². The molecule has 1 aromatic heterocycles. The van der Waals surface area contributed by atoms with Gasteiger partial charge in [-0.05, 0) is 30.2 Å². The molecule has 254 valence electrons. The minimum Gasteiger partial charge on any atom is -0.504 e. The predicted octanol–water partition coefficient (Wildman–Crippen LogP) is -0.702. The Kier molecular flexibility index (Phi) is 10.1. The van der Waals surface area contributed by atoms with Gasteiger partial charge in [-0.25, -0.2) is 9.59 Å². The Morgan fingerprint density at radius 2 is 2.00 bits per heavy atom. The molecule has 3 aliphatic heterocycles. The van der Waals surface area contributed by atoms with Crippen molar-refractivity contribution in [2.45, 2.75) is 28.3 Å². The van der Waals surface area contributed by atoms with E-state index in [-0.39, 0.29) is 60.3 Å². The lowest BCUT2D eigenvalue weighted by Gasteiger charge is -2.56. The fourth-order valence-electron chi connectivity index (χ4n) is 5.29. The fraction of sp³-hybridized carbons (Fsp3) is 0.370. The SMILES string of the molecule is CCN1CCN(C(=O)NC(C(=O)N[C@]2(NC=O)C(=O)N3C(C(=O)O)=C(CSc4nncs4)CS[C@@H]32)c2ccc(O)c(OC)c2)C(=O)C1=O. The largest absolute Gasteiger partial charge is 0.504 e. The van der Waals surface area contributed by atoms with E-state index in [2.05, 4.69) is 26.1 Å². The number of benzene rings is 1. The fourth-order valence-corrected chi connectivity index (χ4v) is 8.35. The molecule has 18 nitrogen and oxygen atoms in total.